The first kappa shape index (κ1) is 22.3. The molecule has 8 nitrogen and oxygen atoms in total. The van der Waals surface area contributed by atoms with Crippen molar-refractivity contribution < 1.29 is 22.4 Å². The van der Waals surface area contributed by atoms with Crippen molar-refractivity contribution in [3.8, 4) is 11.3 Å². The Morgan fingerprint density at radius 1 is 1.09 bits per heavy atom. The molecule has 3 heterocycles. The summed E-state index contributed by atoms with van der Waals surface area (Å²) < 4.78 is 39.2. The number of nitrogens with two attached hydrogens (primary N) is 1. The van der Waals surface area contributed by atoms with E-state index in [4.69, 9.17) is 5.73 Å². The number of carbonyl (C=O) groups is 2. The van der Waals surface area contributed by atoms with E-state index in [-0.39, 0.29) is 41.8 Å². The summed E-state index contributed by atoms with van der Waals surface area (Å²) in [6.45, 7) is 2.61. The number of nitrogens with zero attached hydrogens (tertiary/aromatic N) is 3. The molecule has 34 heavy (non-hydrogen) atoms. The number of primary amides is 1. The largest absolute Gasteiger partial charge is 0.365 e. The van der Waals surface area contributed by atoms with Crippen LogP contribution in [-0.4, -0.2) is 41.5 Å². The standard InChI is InChI=1S/C24H23FN4O4S/c1-14-8-16(4-5-19(14)25)23-22(24(26)31)20-11-28(6-7-29(20)27-23)21(30)10-15-2-3-17-12-34(32,33)13-18(17)9-15/h2-5,8-9H,6-7,10-13H2,1H3,(H2,26,31). The quantitative estimate of drug-likeness (QED) is 0.612. The monoisotopic (exact) mass is 482 g/mol. The Morgan fingerprint density at radius 3 is 2.59 bits per heavy atom. The van der Waals surface area contributed by atoms with Crippen molar-refractivity contribution in [1.29, 1.82) is 0 Å². The highest BCUT2D eigenvalue weighted by Gasteiger charge is 2.30. The minimum absolute atomic E-state index is 0.000864. The SMILES string of the molecule is Cc1cc(-c2nn3c(c2C(N)=O)CN(C(=O)Cc2ccc4c(c2)CS(=O)(=O)C4)CC3)ccc1F. The van der Waals surface area contributed by atoms with Crippen LogP contribution in [0.4, 0.5) is 4.39 Å². The van der Waals surface area contributed by atoms with E-state index in [2.05, 4.69) is 5.10 Å². The summed E-state index contributed by atoms with van der Waals surface area (Å²) in [5, 5.41) is 4.54. The molecule has 176 valence electrons. The number of halogens is 1. The first-order chi connectivity index (χ1) is 16.1. The third kappa shape index (κ3) is 3.98. The summed E-state index contributed by atoms with van der Waals surface area (Å²) in [4.78, 5) is 27.1. The summed E-state index contributed by atoms with van der Waals surface area (Å²) in [5.41, 5.74) is 10.1. The first-order valence-electron chi connectivity index (χ1n) is 10.9. The summed E-state index contributed by atoms with van der Waals surface area (Å²) >= 11 is 0. The van der Waals surface area contributed by atoms with Crippen molar-refractivity contribution in [2.75, 3.05) is 6.54 Å². The second kappa shape index (κ2) is 8.05. The molecule has 3 aromatic rings. The van der Waals surface area contributed by atoms with Gasteiger partial charge in [0.05, 0.1) is 42.3 Å². The molecule has 2 aliphatic rings. The van der Waals surface area contributed by atoms with E-state index >= 15 is 0 Å². The number of rotatable bonds is 4. The summed E-state index contributed by atoms with van der Waals surface area (Å²) in [7, 11) is -3.11. The van der Waals surface area contributed by atoms with Gasteiger partial charge in [0.1, 0.15) is 11.5 Å². The van der Waals surface area contributed by atoms with E-state index in [0.717, 1.165) is 16.7 Å². The highest BCUT2D eigenvalue weighted by atomic mass is 32.2. The maximum atomic E-state index is 13.7. The van der Waals surface area contributed by atoms with Gasteiger partial charge in [0.15, 0.2) is 9.84 Å². The molecule has 0 radical (unpaired) electrons. The molecule has 0 spiro atoms. The van der Waals surface area contributed by atoms with Crippen LogP contribution in [-0.2, 0) is 45.6 Å². The number of fused-ring (bicyclic) bond motifs is 2. The molecule has 2 aliphatic heterocycles. The number of hydrogen-bond acceptors (Lipinski definition) is 5. The lowest BCUT2D eigenvalue weighted by Crippen LogP contribution is -2.40. The van der Waals surface area contributed by atoms with E-state index in [1.165, 1.54) is 6.07 Å². The average Bonchev–Trinajstić information content (AvgIpc) is 3.30. The maximum absolute atomic E-state index is 13.7. The highest BCUT2D eigenvalue weighted by molar-refractivity contribution is 7.90. The lowest BCUT2D eigenvalue weighted by atomic mass is 10.0. The predicted molar refractivity (Wildman–Crippen MR) is 123 cm³/mol. The van der Waals surface area contributed by atoms with Gasteiger partial charge in [0.25, 0.3) is 5.91 Å². The Bertz CT molecular complexity index is 1460. The molecule has 2 aromatic carbocycles. The van der Waals surface area contributed by atoms with Gasteiger partial charge in [-0.05, 0) is 47.4 Å². The van der Waals surface area contributed by atoms with E-state index in [1.54, 1.807) is 46.8 Å². The third-order valence-corrected chi connectivity index (χ3v) is 7.89. The fourth-order valence-corrected chi connectivity index (χ4v) is 6.26. The third-order valence-electron chi connectivity index (χ3n) is 6.39. The smallest absolute Gasteiger partial charge is 0.252 e. The predicted octanol–water partition coefficient (Wildman–Crippen LogP) is 2.11. The van der Waals surface area contributed by atoms with Crippen LogP contribution >= 0.6 is 0 Å². The molecule has 1 aromatic heterocycles. The zero-order chi connectivity index (χ0) is 24.2. The van der Waals surface area contributed by atoms with Crippen molar-refractivity contribution in [1.82, 2.24) is 14.7 Å². The molecule has 2 N–H and O–H groups in total. The van der Waals surface area contributed by atoms with E-state index in [1.807, 2.05) is 0 Å². The van der Waals surface area contributed by atoms with Gasteiger partial charge in [-0.2, -0.15) is 5.10 Å². The van der Waals surface area contributed by atoms with Crippen molar-refractivity contribution in [3.05, 3.63) is 75.7 Å². The van der Waals surface area contributed by atoms with Gasteiger partial charge >= 0.3 is 0 Å². The number of sulfone groups is 1. The fourth-order valence-electron chi connectivity index (χ4n) is 4.66. The minimum Gasteiger partial charge on any atom is -0.365 e. The summed E-state index contributed by atoms with van der Waals surface area (Å²) in [6.07, 6.45) is 0.122. The van der Waals surface area contributed by atoms with Crippen LogP contribution in [0.25, 0.3) is 11.3 Å². The molecule has 0 unspecified atom stereocenters. The minimum atomic E-state index is -3.11. The van der Waals surface area contributed by atoms with Crippen LogP contribution in [0.5, 0.6) is 0 Å². The van der Waals surface area contributed by atoms with E-state index in [9.17, 15) is 22.4 Å². The molecule has 10 heteroatoms. The summed E-state index contributed by atoms with van der Waals surface area (Å²) in [5.74, 6) is -1.11. The Morgan fingerprint density at radius 2 is 1.85 bits per heavy atom. The van der Waals surface area contributed by atoms with Crippen LogP contribution in [0.3, 0.4) is 0 Å². The number of amides is 2. The molecule has 0 saturated carbocycles. The summed E-state index contributed by atoms with van der Waals surface area (Å²) in [6, 6.07) is 9.85. The van der Waals surface area contributed by atoms with Crippen molar-refractivity contribution in [2.45, 2.75) is 37.9 Å². The van der Waals surface area contributed by atoms with Gasteiger partial charge in [-0.25, -0.2) is 12.8 Å². The van der Waals surface area contributed by atoms with Crippen LogP contribution in [0.1, 0.15) is 38.3 Å². The highest BCUT2D eigenvalue weighted by Crippen LogP contribution is 2.30. The topological polar surface area (TPSA) is 115 Å². The Kier molecular flexibility index (Phi) is 5.27. The van der Waals surface area contributed by atoms with Crippen molar-refractivity contribution in [3.63, 3.8) is 0 Å². The van der Waals surface area contributed by atoms with Crippen LogP contribution in [0.2, 0.25) is 0 Å². The van der Waals surface area contributed by atoms with Gasteiger partial charge in [0.2, 0.25) is 5.91 Å². The fraction of sp³-hybridized carbons (Fsp3) is 0.292. The second-order valence-electron chi connectivity index (χ2n) is 8.85. The molecule has 0 aliphatic carbocycles. The lowest BCUT2D eigenvalue weighted by molar-refractivity contribution is -0.132. The molecule has 0 fully saturated rings. The second-order valence-corrected chi connectivity index (χ2v) is 10.9. The van der Waals surface area contributed by atoms with Gasteiger partial charge in [-0.1, -0.05) is 18.2 Å². The molecule has 0 bridgehead atoms. The molecule has 0 saturated heterocycles. The van der Waals surface area contributed by atoms with Gasteiger partial charge in [0, 0.05) is 12.1 Å². The number of aryl methyl sites for hydroxylation is 1. The molecule has 5 rings (SSSR count). The van der Waals surface area contributed by atoms with Crippen LogP contribution in [0.15, 0.2) is 36.4 Å². The number of aromatic nitrogens is 2. The molecule has 2 amide bonds. The Balaban J connectivity index is 1.40. The van der Waals surface area contributed by atoms with Gasteiger partial charge < -0.3 is 10.6 Å². The Hall–Kier alpha value is -3.53. The van der Waals surface area contributed by atoms with Crippen LogP contribution in [0, 0.1) is 12.7 Å². The number of carbonyl (C=O) groups excluding carboxylic acids is 2. The van der Waals surface area contributed by atoms with Crippen LogP contribution < -0.4 is 5.73 Å². The maximum Gasteiger partial charge on any atom is 0.252 e. The zero-order valence-corrected chi connectivity index (χ0v) is 19.4. The average molecular weight is 483 g/mol. The first-order valence-corrected chi connectivity index (χ1v) is 12.7. The molecular formula is C24H23FN4O4S. The number of hydrogen-bond donors (Lipinski definition) is 1. The lowest BCUT2D eigenvalue weighted by Gasteiger charge is -2.28. The molecular weight excluding hydrogens is 459 g/mol. The normalized spacial score (nSPS) is 16.2. The molecule has 0 atom stereocenters. The van der Waals surface area contributed by atoms with Gasteiger partial charge in [-0.15, -0.1) is 0 Å². The van der Waals surface area contributed by atoms with Crippen molar-refractivity contribution in [2.24, 2.45) is 5.73 Å². The van der Waals surface area contributed by atoms with E-state index in [0.29, 0.717) is 35.6 Å². The van der Waals surface area contributed by atoms with Crippen molar-refractivity contribution >= 4 is 21.7 Å². The Labute approximate surface area is 196 Å². The van der Waals surface area contributed by atoms with E-state index < -0.39 is 15.7 Å². The zero-order valence-electron chi connectivity index (χ0n) is 18.5. The number of benzene rings is 2. The van der Waals surface area contributed by atoms with Gasteiger partial charge in [-0.3, -0.25) is 14.3 Å².